The molecule has 156 valence electrons. The molecule has 0 spiro atoms. The van der Waals surface area contributed by atoms with Crippen LogP contribution in [0.3, 0.4) is 0 Å². The van der Waals surface area contributed by atoms with Crippen LogP contribution in [0, 0.1) is 0 Å². The molecule has 0 unspecified atom stereocenters. The van der Waals surface area contributed by atoms with Crippen LogP contribution < -0.4 is 0 Å². The van der Waals surface area contributed by atoms with E-state index in [1.165, 1.54) is 66.8 Å². The minimum absolute atomic E-state index is 0.00951. The van der Waals surface area contributed by atoms with Crippen molar-refractivity contribution in [3.8, 4) is 0 Å². The minimum Gasteiger partial charge on any atom is -0.356 e. The van der Waals surface area contributed by atoms with Gasteiger partial charge in [0.25, 0.3) is 0 Å². The summed E-state index contributed by atoms with van der Waals surface area (Å²) < 4.78 is 20.2. The smallest absolute Gasteiger partial charge is 0.110 e. The zero-order valence-electron chi connectivity index (χ0n) is 17.6. The fraction of sp³-hybridized carbons (Fsp3) is 0.200. The third-order valence-electron chi connectivity index (χ3n) is 8.81. The molecule has 0 saturated heterocycles. The Kier molecular flexibility index (Phi) is 2.54. The van der Waals surface area contributed by atoms with Crippen LogP contribution >= 0.6 is 0 Å². The first-order valence-corrected chi connectivity index (χ1v) is 11.9. The van der Waals surface area contributed by atoms with Gasteiger partial charge in [0.05, 0.1) is 0 Å². The van der Waals surface area contributed by atoms with Crippen molar-refractivity contribution in [3.63, 3.8) is 0 Å². The van der Waals surface area contributed by atoms with Gasteiger partial charge in [0.1, 0.15) is 36.6 Å². The second kappa shape index (κ2) is 5.13. The van der Waals surface area contributed by atoms with Gasteiger partial charge in [-0.3, -0.25) is 0 Å². The average Bonchev–Trinajstić information content (AvgIpc) is 3.70. The zero-order chi connectivity index (χ0) is 21.0. The monoisotopic (exact) mass is 426 g/mol. The highest BCUT2D eigenvalue weighted by atomic mass is 16.5. The fourth-order valence-electron chi connectivity index (χ4n) is 7.72. The minimum atomic E-state index is -0.00951. The molecule has 10 rings (SSSR count). The summed E-state index contributed by atoms with van der Waals surface area (Å²) in [6, 6.07) is 26.2. The summed E-state index contributed by atoms with van der Waals surface area (Å²) in [6.07, 6.45) is -0.0570. The van der Waals surface area contributed by atoms with Gasteiger partial charge in [0, 0.05) is 0 Å². The molecule has 6 aliphatic rings. The molecule has 3 heteroatoms. The molecule has 0 amide bonds. The van der Waals surface area contributed by atoms with Crippen molar-refractivity contribution in [2.45, 2.75) is 36.6 Å². The molecule has 0 N–H and O–H groups in total. The molecule has 6 atom stereocenters. The lowest BCUT2D eigenvalue weighted by Gasteiger charge is -2.30. The van der Waals surface area contributed by atoms with Gasteiger partial charge in [-0.1, -0.05) is 72.8 Å². The van der Waals surface area contributed by atoms with Crippen molar-refractivity contribution < 1.29 is 14.2 Å². The van der Waals surface area contributed by atoms with Crippen LogP contribution in [-0.2, 0) is 14.2 Å². The van der Waals surface area contributed by atoms with Gasteiger partial charge in [-0.05, 0) is 66.8 Å². The molecule has 0 fully saturated rings. The van der Waals surface area contributed by atoms with E-state index in [-0.39, 0.29) is 36.6 Å². The fourth-order valence-corrected chi connectivity index (χ4v) is 7.72. The van der Waals surface area contributed by atoms with Gasteiger partial charge >= 0.3 is 0 Å². The Hall–Kier alpha value is -3.24. The van der Waals surface area contributed by atoms with Gasteiger partial charge in [0.2, 0.25) is 0 Å². The molecule has 0 aromatic heterocycles. The van der Waals surface area contributed by atoms with E-state index >= 15 is 0 Å². The van der Waals surface area contributed by atoms with E-state index in [4.69, 9.17) is 14.2 Å². The average molecular weight is 426 g/mol. The third kappa shape index (κ3) is 1.59. The molecule has 33 heavy (non-hydrogen) atoms. The second-order valence-electron chi connectivity index (χ2n) is 10.1. The summed E-state index contributed by atoms with van der Waals surface area (Å²) in [7, 11) is 0. The van der Waals surface area contributed by atoms with E-state index in [0.717, 1.165) is 0 Å². The molecular formula is C30H18O3. The Bertz CT molecular complexity index is 1280. The maximum atomic E-state index is 6.74. The van der Waals surface area contributed by atoms with Gasteiger partial charge in [-0.25, -0.2) is 0 Å². The molecule has 0 radical (unpaired) electrons. The van der Waals surface area contributed by atoms with Crippen molar-refractivity contribution in [1.82, 2.24) is 0 Å². The largest absolute Gasteiger partial charge is 0.356 e. The van der Waals surface area contributed by atoms with Crippen molar-refractivity contribution in [2.75, 3.05) is 0 Å². The molecule has 0 aliphatic carbocycles. The second-order valence-corrected chi connectivity index (χ2v) is 10.1. The first-order valence-electron chi connectivity index (χ1n) is 11.9. The number of ether oxygens (including phenoxy) is 3. The number of rotatable bonds is 0. The van der Waals surface area contributed by atoms with Crippen LogP contribution in [0.4, 0.5) is 0 Å². The quantitative estimate of drug-likeness (QED) is 0.332. The maximum absolute atomic E-state index is 6.74. The Morgan fingerprint density at radius 3 is 0.667 bits per heavy atom. The van der Waals surface area contributed by atoms with Crippen LogP contribution in [0.2, 0.25) is 0 Å². The summed E-state index contributed by atoms with van der Waals surface area (Å²) in [4.78, 5) is 0. The summed E-state index contributed by atoms with van der Waals surface area (Å²) in [5.41, 5.74) is 16.1. The topological polar surface area (TPSA) is 27.7 Å². The summed E-state index contributed by atoms with van der Waals surface area (Å²) >= 11 is 0. The zero-order valence-corrected chi connectivity index (χ0v) is 17.6. The molecule has 3 nitrogen and oxygen atoms in total. The van der Waals surface area contributed by atoms with Crippen LogP contribution in [0.5, 0.6) is 0 Å². The van der Waals surface area contributed by atoms with Crippen molar-refractivity contribution >= 4 is 0 Å². The lowest BCUT2D eigenvalue weighted by molar-refractivity contribution is 0.0771. The van der Waals surface area contributed by atoms with Gasteiger partial charge in [0.15, 0.2) is 0 Å². The highest BCUT2D eigenvalue weighted by Gasteiger charge is 2.58. The molecule has 0 saturated carbocycles. The molecular weight excluding hydrogens is 408 g/mol. The van der Waals surface area contributed by atoms with Crippen molar-refractivity contribution in [2.24, 2.45) is 0 Å². The lowest BCUT2D eigenvalue weighted by atomic mass is 9.69. The number of hydrogen-bond donors (Lipinski definition) is 0. The van der Waals surface area contributed by atoms with Crippen LogP contribution in [0.25, 0.3) is 0 Å². The first-order chi connectivity index (χ1) is 16.4. The molecule has 6 heterocycles. The standard InChI is InChI=1S/C30H18O3/c1-2-8-14-13(7-1)25-19-20(26(14)31-25)22-24(30-18-12-6-5-11-17(18)28(22)33-30)23-21(19)27-15-9-3-4-10-16(15)29(23)32-27/h1-12,25-30H/t25-,26+,27-,28-,29+,30+. The molecule has 4 aromatic carbocycles. The van der Waals surface area contributed by atoms with Gasteiger partial charge in [-0.15, -0.1) is 0 Å². The highest BCUT2D eigenvalue weighted by molar-refractivity contribution is 5.74. The lowest BCUT2D eigenvalue weighted by Crippen LogP contribution is -2.19. The summed E-state index contributed by atoms with van der Waals surface area (Å²) in [6.45, 7) is 0. The summed E-state index contributed by atoms with van der Waals surface area (Å²) in [5, 5.41) is 0. The van der Waals surface area contributed by atoms with E-state index in [9.17, 15) is 0 Å². The molecule has 6 aliphatic heterocycles. The Labute approximate surface area is 190 Å². The number of fused-ring (bicyclic) bond motifs is 27. The maximum Gasteiger partial charge on any atom is 0.110 e. The number of benzene rings is 4. The van der Waals surface area contributed by atoms with Crippen molar-refractivity contribution in [1.29, 1.82) is 0 Å². The van der Waals surface area contributed by atoms with Crippen LogP contribution in [0.1, 0.15) is 103 Å². The van der Waals surface area contributed by atoms with E-state index in [1.807, 2.05) is 0 Å². The van der Waals surface area contributed by atoms with E-state index in [2.05, 4.69) is 72.8 Å². The summed E-state index contributed by atoms with van der Waals surface area (Å²) in [5.74, 6) is 0. The van der Waals surface area contributed by atoms with Gasteiger partial charge < -0.3 is 14.2 Å². The molecule has 4 aromatic rings. The Morgan fingerprint density at radius 1 is 0.303 bits per heavy atom. The molecule has 6 bridgehead atoms. The Morgan fingerprint density at radius 2 is 0.485 bits per heavy atom. The number of hydrogen-bond acceptors (Lipinski definition) is 3. The first kappa shape index (κ1) is 16.4. The van der Waals surface area contributed by atoms with E-state index in [0.29, 0.717) is 0 Å². The predicted octanol–water partition coefficient (Wildman–Crippen LogP) is 6.25. The SMILES string of the molecule is c1ccc2c(c1)[C@H]1O[C@@H]2c2c1c1c(c3c2[C@@H]2O[C@H]3c3ccccc32)[C@H]2O[C@@H]1c1ccccc12. The predicted molar refractivity (Wildman–Crippen MR) is 120 cm³/mol. The van der Waals surface area contributed by atoms with Crippen LogP contribution in [-0.4, -0.2) is 0 Å². The van der Waals surface area contributed by atoms with Gasteiger partial charge in [-0.2, -0.15) is 0 Å². The van der Waals surface area contributed by atoms with Crippen LogP contribution in [0.15, 0.2) is 72.8 Å². The third-order valence-corrected chi connectivity index (χ3v) is 8.81. The normalized spacial score (nSPS) is 31.3. The van der Waals surface area contributed by atoms with Crippen molar-refractivity contribution in [3.05, 3.63) is 140 Å². The Balaban J connectivity index is 1.34. The highest BCUT2D eigenvalue weighted by Crippen LogP contribution is 2.69. The van der Waals surface area contributed by atoms with E-state index < -0.39 is 0 Å². The van der Waals surface area contributed by atoms with E-state index in [1.54, 1.807) is 0 Å².